The van der Waals surface area contributed by atoms with E-state index in [4.69, 9.17) is 9.72 Å². The smallest absolute Gasteiger partial charge is 0.287 e. The molecular weight excluding hydrogens is 559 g/mol. The highest BCUT2D eigenvalue weighted by molar-refractivity contribution is 14.1. The Morgan fingerprint density at radius 1 is 1.24 bits per heavy atom. The number of amides is 1. The first-order valence-electron chi connectivity index (χ1n) is 10.9. The Bertz CT molecular complexity index is 1150. The fraction of sp³-hybridized carbons (Fsp3) is 0.458. The van der Waals surface area contributed by atoms with Gasteiger partial charge in [0.15, 0.2) is 0 Å². The summed E-state index contributed by atoms with van der Waals surface area (Å²) in [5.41, 5.74) is 0.766. The Kier molecular flexibility index (Phi) is 7.18. The zero-order valence-corrected chi connectivity index (χ0v) is 21.7. The van der Waals surface area contributed by atoms with Crippen molar-refractivity contribution >= 4 is 55.7 Å². The molecule has 0 spiro atoms. The van der Waals surface area contributed by atoms with E-state index in [2.05, 4.69) is 39.8 Å². The van der Waals surface area contributed by atoms with Crippen molar-refractivity contribution in [2.75, 3.05) is 12.4 Å². The van der Waals surface area contributed by atoms with Crippen LogP contribution in [0.3, 0.4) is 0 Å². The molecule has 1 N–H and O–H groups in total. The SMILES string of the molecule is COc1cc2nc([C@H]3CC[C@H](C(C)I)CC3)sc2cc1NC(=O)c1cccc(C(C)(F)F)n1. The lowest BCUT2D eigenvalue weighted by Crippen LogP contribution is -2.18. The van der Waals surface area contributed by atoms with Gasteiger partial charge in [0, 0.05) is 22.8 Å². The molecular formula is C24H26F2IN3O2S. The fourth-order valence-corrected chi connectivity index (χ4v) is 6.11. The molecule has 0 bridgehead atoms. The van der Waals surface area contributed by atoms with Gasteiger partial charge in [-0.3, -0.25) is 4.79 Å². The van der Waals surface area contributed by atoms with Crippen LogP contribution in [-0.4, -0.2) is 26.9 Å². The lowest BCUT2D eigenvalue weighted by atomic mass is 9.81. The Hall–Kier alpha value is -1.88. The normalized spacial score (nSPS) is 19.9. The Balaban J connectivity index is 1.56. The quantitative estimate of drug-likeness (QED) is 0.246. The number of thiazole rings is 1. The van der Waals surface area contributed by atoms with Gasteiger partial charge in [-0.1, -0.05) is 35.6 Å². The molecule has 1 aliphatic carbocycles. The number of rotatable bonds is 6. The second kappa shape index (κ2) is 9.77. The molecule has 2 aromatic heterocycles. The van der Waals surface area contributed by atoms with E-state index in [0.717, 1.165) is 40.9 Å². The maximum Gasteiger partial charge on any atom is 0.287 e. The van der Waals surface area contributed by atoms with Crippen LogP contribution < -0.4 is 10.1 Å². The minimum Gasteiger partial charge on any atom is -0.494 e. The molecule has 33 heavy (non-hydrogen) atoms. The number of carbonyl (C=O) groups is 1. The maximum absolute atomic E-state index is 13.6. The van der Waals surface area contributed by atoms with Crippen LogP contribution in [0.1, 0.15) is 66.6 Å². The number of nitrogens with zero attached hydrogens (tertiary/aromatic N) is 2. The van der Waals surface area contributed by atoms with Crippen molar-refractivity contribution in [3.63, 3.8) is 0 Å². The number of methoxy groups -OCH3 is 1. The summed E-state index contributed by atoms with van der Waals surface area (Å²) in [4.78, 5) is 21.4. The van der Waals surface area contributed by atoms with Gasteiger partial charge in [0.2, 0.25) is 0 Å². The van der Waals surface area contributed by atoms with Crippen LogP contribution in [0.5, 0.6) is 5.75 Å². The molecule has 0 saturated heterocycles. The first kappa shape index (κ1) is 24.3. The highest BCUT2D eigenvalue weighted by atomic mass is 127. The summed E-state index contributed by atoms with van der Waals surface area (Å²) < 4.78 is 34.3. The zero-order valence-electron chi connectivity index (χ0n) is 18.7. The van der Waals surface area contributed by atoms with Crippen molar-refractivity contribution in [3.8, 4) is 5.75 Å². The molecule has 1 aromatic carbocycles. The molecule has 1 fully saturated rings. The Morgan fingerprint density at radius 3 is 2.61 bits per heavy atom. The summed E-state index contributed by atoms with van der Waals surface area (Å²) in [7, 11) is 1.52. The average molecular weight is 585 g/mol. The van der Waals surface area contributed by atoms with E-state index in [9.17, 15) is 13.6 Å². The third-order valence-electron chi connectivity index (χ3n) is 6.18. The van der Waals surface area contributed by atoms with Gasteiger partial charge < -0.3 is 10.1 Å². The summed E-state index contributed by atoms with van der Waals surface area (Å²) in [5.74, 6) is -2.00. The van der Waals surface area contributed by atoms with Gasteiger partial charge in [-0.05, 0) is 49.8 Å². The first-order valence-corrected chi connectivity index (χ1v) is 13.0. The molecule has 3 aromatic rings. The standard InChI is InChI=1S/C24H26F2IN3O2S/c1-13(27)14-7-9-15(10-8-14)23-30-18-11-19(32-3)17(12-20(18)33-23)29-22(31)16-5-4-6-21(28-16)24(2,25)26/h4-6,11-15H,7-10H2,1-3H3,(H,29,31)/t13?,14-,15-. The number of benzene rings is 1. The number of carbonyl (C=O) groups excluding carboxylic acids is 1. The van der Waals surface area contributed by atoms with Gasteiger partial charge in [-0.2, -0.15) is 8.78 Å². The monoisotopic (exact) mass is 585 g/mol. The van der Waals surface area contributed by atoms with E-state index < -0.39 is 17.5 Å². The van der Waals surface area contributed by atoms with Crippen molar-refractivity contribution in [1.82, 2.24) is 9.97 Å². The van der Waals surface area contributed by atoms with Gasteiger partial charge >= 0.3 is 0 Å². The molecule has 0 aliphatic heterocycles. The molecule has 5 nitrogen and oxygen atoms in total. The third-order valence-corrected chi connectivity index (χ3v) is 8.37. The zero-order chi connectivity index (χ0) is 23.8. The van der Waals surface area contributed by atoms with Crippen LogP contribution >= 0.6 is 33.9 Å². The van der Waals surface area contributed by atoms with E-state index in [1.54, 1.807) is 11.3 Å². The summed E-state index contributed by atoms with van der Waals surface area (Å²) in [6.07, 6.45) is 4.72. The minimum absolute atomic E-state index is 0.0811. The van der Waals surface area contributed by atoms with Crippen LogP contribution in [0.4, 0.5) is 14.5 Å². The minimum atomic E-state index is -3.13. The van der Waals surface area contributed by atoms with Gasteiger partial charge in [-0.15, -0.1) is 11.3 Å². The number of alkyl halides is 3. The van der Waals surface area contributed by atoms with Crippen molar-refractivity contribution in [2.24, 2.45) is 5.92 Å². The van der Waals surface area contributed by atoms with Crippen molar-refractivity contribution in [2.45, 2.75) is 55.3 Å². The molecule has 2 heterocycles. The van der Waals surface area contributed by atoms with Gasteiger partial charge in [0.25, 0.3) is 11.8 Å². The molecule has 4 rings (SSSR count). The van der Waals surface area contributed by atoms with Gasteiger partial charge in [0.1, 0.15) is 17.1 Å². The predicted octanol–water partition coefficient (Wildman–Crippen LogP) is 7.16. The highest BCUT2D eigenvalue weighted by Gasteiger charge is 2.28. The van der Waals surface area contributed by atoms with Crippen molar-refractivity contribution < 1.29 is 18.3 Å². The molecule has 1 atom stereocenters. The van der Waals surface area contributed by atoms with Crippen molar-refractivity contribution in [1.29, 1.82) is 0 Å². The second-order valence-electron chi connectivity index (χ2n) is 8.61. The largest absolute Gasteiger partial charge is 0.494 e. The summed E-state index contributed by atoms with van der Waals surface area (Å²) in [6, 6.07) is 7.67. The van der Waals surface area contributed by atoms with E-state index in [1.165, 1.54) is 38.2 Å². The Morgan fingerprint density at radius 2 is 1.97 bits per heavy atom. The number of anilines is 1. The van der Waals surface area contributed by atoms with Crippen LogP contribution in [0.15, 0.2) is 30.3 Å². The number of hydrogen-bond acceptors (Lipinski definition) is 5. The number of ether oxygens (including phenoxy) is 1. The van der Waals surface area contributed by atoms with Crippen LogP contribution in [-0.2, 0) is 5.92 Å². The van der Waals surface area contributed by atoms with E-state index in [0.29, 0.717) is 21.3 Å². The number of fused-ring (bicyclic) bond motifs is 1. The van der Waals surface area contributed by atoms with Gasteiger partial charge in [-0.25, -0.2) is 9.97 Å². The number of nitrogens with one attached hydrogen (secondary N) is 1. The molecule has 176 valence electrons. The molecule has 9 heteroatoms. The van der Waals surface area contributed by atoms with E-state index in [-0.39, 0.29) is 5.69 Å². The molecule has 1 amide bonds. The summed E-state index contributed by atoms with van der Waals surface area (Å²) in [5, 5.41) is 3.88. The lowest BCUT2D eigenvalue weighted by molar-refractivity contribution is 0.0126. The van der Waals surface area contributed by atoms with Crippen LogP contribution in [0, 0.1) is 5.92 Å². The van der Waals surface area contributed by atoms with Crippen LogP contribution in [0.25, 0.3) is 10.2 Å². The Labute approximate surface area is 209 Å². The van der Waals surface area contributed by atoms with E-state index >= 15 is 0 Å². The van der Waals surface area contributed by atoms with Crippen molar-refractivity contribution in [3.05, 3.63) is 46.7 Å². The summed E-state index contributed by atoms with van der Waals surface area (Å²) in [6.45, 7) is 3.04. The maximum atomic E-state index is 13.6. The number of aromatic nitrogens is 2. The molecule has 1 saturated carbocycles. The lowest BCUT2D eigenvalue weighted by Gasteiger charge is -2.29. The van der Waals surface area contributed by atoms with E-state index in [1.807, 2.05) is 12.1 Å². The average Bonchev–Trinajstić information content (AvgIpc) is 3.21. The topological polar surface area (TPSA) is 64.1 Å². The second-order valence-corrected chi connectivity index (χ2v) is 11.6. The molecule has 1 aliphatic rings. The summed E-state index contributed by atoms with van der Waals surface area (Å²) >= 11 is 4.16. The third kappa shape index (κ3) is 5.45. The number of halogens is 3. The first-order chi connectivity index (χ1) is 15.7. The molecule has 1 unspecified atom stereocenters. The number of hydrogen-bond donors (Lipinski definition) is 1. The fourth-order valence-electron chi connectivity index (χ4n) is 4.23. The molecule has 0 radical (unpaired) electrons. The van der Waals surface area contributed by atoms with Gasteiger partial charge in [0.05, 0.1) is 28.0 Å². The predicted molar refractivity (Wildman–Crippen MR) is 136 cm³/mol. The highest BCUT2D eigenvalue weighted by Crippen LogP contribution is 2.42. The van der Waals surface area contributed by atoms with Crippen LogP contribution in [0.2, 0.25) is 0 Å². The number of pyridine rings is 1.